The summed E-state index contributed by atoms with van der Waals surface area (Å²) in [7, 11) is 1.73. The van der Waals surface area contributed by atoms with Gasteiger partial charge in [-0.2, -0.15) is 0 Å². The van der Waals surface area contributed by atoms with Crippen molar-refractivity contribution in [3.63, 3.8) is 0 Å². The fourth-order valence-electron chi connectivity index (χ4n) is 2.10. The first kappa shape index (κ1) is 10.0. The molecule has 0 aromatic heterocycles. The molecule has 0 atom stereocenters. The Morgan fingerprint density at radius 3 is 2.71 bits per heavy atom. The molecule has 0 fully saturated rings. The minimum absolute atomic E-state index is 0.964. The average molecular weight is 255 g/mol. The van der Waals surface area contributed by atoms with E-state index < -0.39 is 0 Å². The summed E-state index contributed by atoms with van der Waals surface area (Å²) >= 11 is 3.64. The normalized spacial score (nSPS) is 15.9. The Bertz CT molecular complexity index is 333. The fraction of sp³-hybridized carbons (Fsp3) is 0.500. The first-order chi connectivity index (χ1) is 6.83. The van der Waals surface area contributed by atoms with Crippen molar-refractivity contribution in [3.05, 3.63) is 27.7 Å². The highest BCUT2D eigenvalue weighted by Crippen LogP contribution is 2.34. The van der Waals surface area contributed by atoms with Crippen LogP contribution in [-0.4, -0.2) is 7.11 Å². The van der Waals surface area contributed by atoms with Crippen molar-refractivity contribution in [2.24, 2.45) is 0 Å². The van der Waals surface area contributed by atoms with E-state index in [9.17, 15) is 0 Å². The van der Waals surface area contributed by atoms with Crippen molar-refractivity contribution in [3.8, 4) is 5.75 Å². The molecule has 0 spiro atoms. The van der Waals surface area contributed by atoms with Gasteiger partial charge in [0.05, 0.1) is 11.6 Å². The lowest BCUT2D eigenvalue weighted by atomic mass is 10.0. The minimum atomic E-state index is 0.964. The van der Waals surface area contributed by atoms with Crippen molar-refractivity contribution in [1.29, 1.82) is 0 Å². The van der Waals surface area contributed by atoms with Crippen molar-refractivity contribution < 1.29 is 4.74 Å². The van der Waals surface area contributed by atoms with Crippen LogP contribution in [0.2, 0.25) is 0 Å². The summed E-state index contributed by atoms with van der Waals surface area (Å²) in [4.78, 5) is 0. The summed E-state index contributed by atoms with van der Waals surface area (Å²) < 4.78 is 6.47. The van der Waals surface area contributed by atoms with Gasteiger partial charge in [0.1, 0.15) is 5.75 Å². The van der Waals surface area contributed by atoms with Gasteiger partial charge >= 0.3 is 0 Å². The summed E-state index contributed by atoms with van der Waals surface area (Å²) in [6, 6.07) is 4.28. The van der Waals surface area contributed by atoms with Gasteiger partial charge in [-0.15, -0.1) is 0 Å². The molecule has 0 N–H and O–H groups in total. The highest BCUT2D eigenvalue weighted by molar-refractivity contribution is 9.10. The Hall–Kier alpha value is -0.500. The zero-order valence-electron chi connectivity index (χ0n) is 8.48. The molecule has 0 radical (unpaired) electrons. The third-order valence-corrected chi connectivity index (χ3v) is 3.77. The molecule has 2 heteroatoms. The second-order valence-corrected chi connectivity index (χ2v) is 4.57. The molecule has 1 aliphatic carbocycles. The van der Waals surface area contributed by atoms with Gasteiger partial charge in [-0.05, 0) is 58.8 Å². The zero-order chi connectivity index (χ0) is 9.97. The molecule has 0 aliphatic heterocycles. The van der Waals surface area contributed by atoms with Crippen LogP contribution in [0.3, 0.4) is 0 Å². The first-order valence-corrected chi connectivity index (χ1v) is 5.96. The maximum absolute atomic E-state index is 5.30. The number of benzene rings is 1. The minimum Gasteiger partial charge on any atom is -0.496 e. The molecule has 0 saturated heterocycles. The van der Waals surface area contributed by atoms with Gasteiger partial charge < -0.3 is 4.74 Å². The number of halogens is 1. The SMILES string of the molecule is COc1ccc2c(c1Br)CCCCC2. The molecule has 1 aromatic rings. The van der Waals surface area contributed by atoms with Crippen LogP contribution < -0.4 is 4.74 Å². The lowest BCUT2D eigenvalue weighted by Gasteiger charge is -2.11. The van der Waals surface area contributed by atoms with Gasteiger partial charge in [0.2, 0.25) is 0 Å². The predicted molar refractivity (Wildman–Crippen MR) is 62.0 cm³/mol. The van der Waals surface area contributed by atoms with Crippen LogP contribution in [0.5, 0.6) is 5.75 Å². The Labute approximate surface area is 93.6 Å². The molecule has 0 unspecified atom stereocenters. The number of ether oxygens (including phenoxy) is 1. The van der Waals surface area contributed by atoms with E-state index in [1.54, 1.807) is 7.11 Å². The molecular weight excluding hydrogens is 240 g/mol. The van der Waals surface area contributed by atoms with Crippen LogP contribution in [-0.2, 0) is 12.8 Å². The van der Waals surface area contributed by atoms with Gasteiger partial charge in [0.25, 0.3) is 0 Å². The number of hydrogen-bond acceptors (Lipinski definition) is 1. The highest BCUT2D eigenvalue weighted by Gasteiger charge is 2.13. The maximum atomic E-state index is 5.30. The zero-order valence-corrected chi connectivity index (χ0v) is 10.1. The Balaban J connectivity index is 2.44. The molecule has 0 bridgehead atoms. The maximum Gasteiger partial charge on any atom is 0.133 e. The van der Waals surface area contributed by atoms with Crippen LogP contribution in [0.25, 0.3) is 0 Å². The molecule has 0 heterocycles. The van der Waals surface area contributed by atoms with Gasteiger partial charge in [-0.1, -0.05) is 12.5 Å². The quantitative estimate of drug-likeness (QED) is 0.695. The van der Waals surface area contributed by atoms with Crippen LogP contribution >= 0.6 is 15.9 Å². The second-order valence-electron chi connectivity index (χ2n) is 3.78. The van der Waals surface area contributed by atoms with Crippen LogP contribution in [0.1, 0.15) is 30.4 Å². The highest BCUT2D eigenvalue weighted by atomic mass is 79.9. The molecule has 0 amide bonds. The number of hydrogen-bond donors (Lipinski definition) is 0. The summed E-state index contributed by atoms with van der Waals surface area (Å²) in [5.74, 6) is 0.964. The molecular formula is C12H15BrO. The lowest BCUT2D eigenvalue weighted by molar-refractivity contribution is 0.411. The predicted octanol–water partition coefficient (Wildman–Crippen LogP) is 3.73. The monoisotopic (exact) mass is 254 g/mol. The van der Waals surface area contributed by atoms with E-state index in [1.807, 2.05) is 0 Å². The molecule has 1 nitrogen and oxygen atoms in total. The Kier molecular flexibility index (Phi) is 3.12. The number of rotatable bonds is 1. The standard InChI is InChI=1S/C12H15BrO/c1-14-11-8-7-9-5-3-2-4-6-10(9)12(11)13/h7-8H,2-6H2,1H3. The van der Waals surface area contributed by atoms with E-state index in [-0.39, 0.29) is 0 Å². The van der Waals surface area contributed by atoms with Crippen molar-refractivity contribution in [2.75, 3.05) is 7.11 Å². The van der Waals surface area contributed by atoms with E-state index in [2.05, 4.69) is 28.1 Å². The first-order valence-electron chi connectivity index (χ1n) is 5.17. The van der Waals surface area contributed by atoms with Crippen molar-refractivity contribution in [1.82, 2.24) is 0 Å². The summed E-state index contributed by atoms with van der Waals surface area (Å²) in [5, 5.41) is 0. The fourth-order valence-corrected chi connectivity index (χ4v) is 2.84. The number of fused-ring (bicyclic) bond motifs is 1. The summed E-state index contributed by atoms with van der Waals surface area (Å²) in [6.07, 6.45) is 6.39. The Morgan fingerprint density at radius 1 is 1.14 bits per heavy atom. The van der Waals surface area contributed by atoms with Gasteiger partial charge in [-0.25, -0.2) is 0 Å². The van der Waals surface area contributed by atoms with E-state index in [4.69, 9.17) is 4.74 Å². The van der Waals surface area contributed by atoms with Crippen molar-refractivity contribution >= 4 is 15.9 Å². The van der Waals surface area contributed by atoms with Gasteiger partial charge in [-0.3, -0.25) is 0 Å². The van der Waals surface area contributed by atoms with E-state index in [0.717, 1.165) is 5.75 Å². The Morgan fingerprint density at radius 2 is 1.93 bits per heavy atom. The summed E-state index contributed by atoms with van der Waals surface area (Å²) in [5.41, 5.74) is 2.96. The van der Waals surface area contributed by atoms with E-state index >= 15 is 0 Å². The topological polar surface area (TPSA) is 9.23 Å². The second kappa shape index (κ2) is 4.35. The van der Waals surface area contributed by atoms with Crippen LogP contribution in [0, 0.1) is 0 Å². The molecule has 2 rings (SSSR count). The van der Waals surface area contributed by atoms with Crippen LogP contribution in [0.4, 0.5) is 0 Å². The third-order valence-electron chi connectivity index (χ3n) is 2.90. The largest absolute Gasteiger partial charge is 0.496 e. The summed E-state index contributed by atoms with van der Waals surface area (Å²) in [6.45, 7) is 0. The third kappa shape index (κ3) is 1.81. The van der Waals surface area contributed by atoms with E-state index in [0.29, 0.717) is 0 Å². The molecule has 1 aromatic carbocycles. The smallest absolute Gasteiger partial charge is 0.133 e. The van der Waals surface area contributed by atoms with Gasteiger partial charge in [0.15, 0.2) is 0 Å². The molecule has 14 heavy (non-hydrogen) atoms. The molecule has 0 saturated carbocycles. The molecule has 76 valence electrons. The number of aryl methyl sites for hydroxylation is 1. The lowest BCUT2D eigenvalue weighted by Crippen LogP contribution is -1.95. The van der Waals surface area contributed by atoms with Crippen molar-refractivity contribution in [2.45, 2.75) is 32.1 Å². The van der Waals surface area contributed by atoms with E-state index in [1.165, 1.54) is 47.7 Å². The van der Waals surface area contributed by atoms with Gasteiger partial charge in [0, 0.05) is 0 Å². The number of methoxy groups -OCH3 is 1. The van der Waals surface area contributed by atoms with Crippen LogP contribution in [0.15, 0.2) is 16.6 Å². The average Bonchev–Trinajstić information content (AvgIpc) is 2.44. The molecule has 1 aliphatic rings.